The first-order chi connectivity index (χ1) is 7.58. The quantitative estimate of drug-likeness (QED) is 0.811. The van der Waals surface area contributed by atoms with E-state index in [2.05, 4.69) is 0 Å². The molecule has 0 aliphatic carbocycles. The van der Waals surface area contributed by atoms with Crippen molar-refractivity contribution in [1.29, 1.82) is 0 Å². The Hall–Kier alpha value is -2.03. The maximum absolute atomic E-state index is 10.9. The second kappa shape index (κ2) is 3.85. The minimum atomic E-state index is -0.848. The van der Waals surface area contributed by atoms with Crippen LogP contribution in [0.5, 0.6) is 5.75 Å². The summed E-state index contributed by atoms with van der Waals surface area (Å²) >= 11 is 0. The first kappa shape index (κ1) is 10.5. The van der Waals surface area contributed by atoms with Crippen LogP contribution < -0.4 is 0 Å². The van der Waals surface area contributed by atoms with E-state index < -0.39 is 11.9 Å². The van der Waals surface area contributed by atoms with Gasteiger partial charge in [-0.25, -0.2) is 0 Å². The van der Waals surface area contributed by atoms with Gasteiger partial charge in [-0.1, -0.05) is 24.3 Å². The molecule has 0 saturated heterocycles. The van der Waals surface area contributed by atoms with E-state index in [1.54, 1.807) is 37.3 Å². The summed E-state index contributed by atoms with van der Waals surface area (Å²) in [5.74, 6) is -1.20. The lowest BCUT2D eigenvalue weighted by atomic mass is 9.98. The zero-order valence-electron chi connectivity index (χ0n) is 8.84. The number of hydrogen-bond donors (Lipinski definition) is 2. The van der Waals surface area contributed by atoms with Crippen molar-refractivity contribution in [3.63, 3.8) is 0 Å². The largest absolute Gasteiger partial charge is 0.508 e. The van der Waals surface area contributed by atoms with Gasteiger partial charge in [0.05, 0.1) is 5.92 Å². The summed E-state index contributed by atoms with van der Waals surface area (Å²) in [5.41, 5.74) is 0.741. The summed E-state index contributed by atoms with van der Waals surface area (Å²) in [6.07, 6.45) is 0. The van der Waals surface area contributed by atoms with Gasteiger partial charge >= 0.3 is 5.97 Å². The minimum absolute atomic E-state index is 0.188. The van der Waals surface area contributed by atoms with Gasteiger partial charge in [-0.15, -0.1) is 0 Å². The number of carbonyl (C=O) groups is 1. The van der Waals surface area contributed by atoms with Crippen molar-refractivity contribution in [2.75, 3.05) is 0 Å². The molecule has 1 unspecified atom stereocenters. The van der Waals surface area contributed by atoms with E-state index in [4.69, 9.17) is 5.11 Å². The third-order valence-corrected chi connectivity index (χ3v) is 2.72. The molecule has 3 heteroatoms. The van der Waals surface area contributed by atoms with Crippen molar-refractivity contribution < 1.29 is 15.0 Å². The molecular formula is C13H12O3. The molecule has 0 aliphatic rings. The maximum Gasteiger partial charge on any atom is 0.310 e. The predicted octanol–water partition coefficient (Wildman–Crippen LogP) is 2.73. The van der Waals surface area contributed by atoms with Gasteiger partial charge in [0.25, 0.3) is 0 Å². The second-order valence-electron chi connectivity index (χ2n) is 3.85. The molecule has 3 nitrogen and oxygen atoms in total. The van der Waals surface area contributed by atoms with E-state index in [1.807, 2.05) is 6.07 Å². The molecule has 0 heterocycles. The van der Waals surface area contributed by atoms with Gasteiger partial charge in [0, 0.05) is 0 Å². The number of phenolic OH excluding ortho intramolecular Hbond substituents is 1. The summed E-state index contributed by atoms with van der Waals surface area (Å²) in [6, 6.07) is 10.5. The minimum Gasteiger partial charge on any atom is -0.508 e. The van der Waals surface area contributed by atoms with Crippen LogP contribution in [0, 0.1) is 0 Å². The number of carboxylic acid groups (broad SMARTS) is 1. The van der Waals surface area contributed by atoms with E-state index in [-0.39, 0.29) is 5.75 Å². The maximum atomic E-state index is 10.9. The molecule has 0 bridgehead atoms. The number of aromatic hydroxyl groups is 1. The summed E-state index contributed by atoms with van der Waals surface area (Å²) in [5, 5.41) is 20.1. The number of benzene rings is 2. The Morgan fingerprint density at radius 3 is 2.50 bits per heavy atom. The lowest BCUT2D eigenvalue weighted by molar-refractivity contribution is -0.138. The van der Waals surface area contributed by atoms with Crippen molar-refractivity contribution in [3.05, 3.63) is 42.0 Å². The number of aliphatic carboxylic acids is 1. The first-order valence-electron chi connectivity index (χ1n) is 5.03. The van der Waals surface area contributed by atoms with Gasteiger partial charge in [-0.2, -0.15) is 0 Å². The molecule has 0 radical (unpaired) electrons. The van der Waals surface area contributed by atoms with Gasteiger partial charge in [0.2, 0.25) is 0 Å². The molecular weight excluding hydrogens is 204 g/mol. The fourth-order valence-electron chi connectivity index (χ4n) is 1.66. The molecule has 0 fully saturated rings. The lowest BCUT2D eigenvalue weighted by Crippen LogP contribution is -2.06. The Balaban J connectivity index is 2.54. The molecule has 0 saturated carbocycles. The van der Waals surface area contributed by atoms with Crippen molar-refractivity contribution in [2.24, 2.45) is 0 Å². The van der Waals surface area contributed by atoms with Crippen LogP contribution in [0.4, 0.5) is 0 Å². The fourth-order valence-corrected chi connectivity index (χ4v) is 1.66. The molecule has 0 amide bonds. The zero-order chi connectivity index (χ0) is 11.7. The van der Waals surface area contributed by atoms with Crippen LogP contribution in [-0.4, -0.2) is 16.2 Å². The van der Waals surface area contributed by atoms with Gasteiger partial charge in [-0.05, 0) is 35.4 Å². The summed E-state index contributed by atoms with van der Waals surface area (Å²) < 4.78 is 0. The van der Waals surface area contributed by atoms with E-state index in [0.29, 0.717) is 0 Å². The normalized spacial score (nSPS) is 12.6. The molecule has 16 heavy (non-hydrogen) atoms. The van der Waals surface area contributed by atoms with Crippen molar-refractivity contribution in [2.45, 2.75) is 12.8 Å². The number of hydrogen-bond acceptors (Lipinski definition) is 2. The molecule has 2 aromatic carbocycles. The lowest BCUT2D eigenvalue weighted by Gasteiger charge is -2.08. The molecule has 1 atom stereocenters. The van der Waals surface area contributed by atoms with E-state index in [9.17, 15) is 9.90 Å². The molecule has 0 aliphatic heterocycles. The molecule has 0 aromatic heterocycles. The number of fused-ring (bicyclic) bond motifs is 1. The standard InChI is InChI=1S/C13H12O3/c1-8(13(15)16)10-3-2-9-4-5-12(14)7-11(9)6-10/h2-8,14H,1H3,(H,15,16). The highest BCUT2D eigenvalue weighted by atomic mass is 16.4. The third-order valence-electron chi connectivity index (χ3n) is 2.72. The Bertz CT molecular complexity index is 546. The van der Waals surface area contributed by atoms with Crippen molar-refractivity contribution in [1.82, 2.24) is 0 Å². The number of rotatable bonds is 2. The average molecular weight is 216 g/mol. The monoisotopic (exact) mass is 216 g/mol. The van der Waals surface area contributed by atoms with Crippen molar-refractivity contribution in [3.8, 4) is 5.75 Å². The SMILES string of the molecule is CC(C(=O)O)c1ccc2ccc(O)cc2c1. The third kappa shape index (κ3) is 1.84. The Labute approximate surface area is 93.0 Å². The van der Waals surface area contributed by atoms with Gasteiger partial charge in [-0.3, -0.25) is 4.79 Å². The number of carboxylic acids is 1. The highest BCUT2D eigenvalue weighted by Crippen LogP contribution is 2.24. The fraction of sp³-hybridized carbons (Fsp3) is 0.154. The second-order valence-corrected chi connectivity index (χ2v) is 3.85. The van der Waals surface area contributed by atoms with Crippen LogP contribution >= 0.6 is 0 Å². The van der Waals surface area contributed by atoms with E-state index >= 15 is 0 Å². The highest BCUT2D eigenvalue weighted by molar-refractivity contribution is 5.86. The van der Waals surface area contributed by atoms with Crippen LogP contribution in [0.1, 0.15) is 18.4 Å². The summed E-state index contributed by atoms with van der Waals surface area (Å²) in [4.78, 5) is 10.9. The van der Waals surface area contributed by atoms with Crippen LogP contribution in [0.2, 0.25) is 0 Å². The van der Waals surface area contributed by atoms with Crippen LogP contribution in [0.25, 0.3) is 10.8 Å². The first-order valence-corrected chi connectivity index (χ1v) is 5.03. The summed E-state index contributed by atoms with van der Waals surface area (Å²) in [6.45, 7) is 1.65. The molecule has 2 aromatic rings. The Morgan fingerprint density at radius 1 is 1.12 bits per heavy atom. The van der Waals surface area contributed by atoms with E-state index in [1.165, 1.54) is 0 Å². The van der Waals surface area contributed by atoms with Crippen LogP contribution in [0.15, 0.2) is 36.4 Å². The Morgan fingerprint density at radius 2 is 1.81 bits per heavy atom. The topological polar surface area (TPSA) is 57.5 Å². The summed E-state index contributed by atoms with van der Waals surface area (Å²) in [7, 11) is 0. The molecule has 82 valence electrons. The smallest absolute Gasteiger partial charge is 0.310 e. The molecule has 2 N–H and O–H groups in total. The van der Waals surface area contributed by atoms with Gasteiger partial charge in [0.15, 0.2) is 0 Å². The van der Waals surface area contributed by atoms with Crippen molar-refractivity contribution >= 4 is 16.7 Å². The van der Waals surface area contributed by atoms with Gasteiger partial charge in [0.1, 0.15) is 5.75 Å². The molecule has 0 spiro atoms. The van der Waals surface area contributed by atoms with Crippen LogP contribution in [-0.2, 0) is 4.79 Å². The average Bonchev–Trinajstić information content (AvgIpc) is 2.26. The Kier molecular flexibility index (Phi) is 2.52. The van der Waals surface area contributed by atoms with Crippen LogP contribution in [0.3, 0.4) is 0 Å². The number of phenols is 1. The molecule has 2 rings (SSSR count). The zero-order valence-corrected chi connectivity index (χ0v) is 8.84. The van der Waals surface area contributed by atoms with E-state index in [0.717, 1.165) is 16.3 Å². The predicted molar refractivity (Wildman–Crippen MR) is 61.7 cm³/mol. The highest BCUT2D eigenvalue weighted by Gasteiger charge is 2.13. The van der Waals surface area contributed by atoms with Gasteiger partial charge < -0.3 is 10.2 Å².